The maximum absolute atomic E-state index is 13.6. The van der Waals surface area contributed by atoms with E-state index in [0.29, 0.717) is 11.6 Å². The molecule has 0 N–H and O–H groups in total. The number of anilines is 1. The van der Waals surface area contributed by atoms with Gasteiger partial charge in [0, 0.05) is 31.0 Å². The Hall–Kier alpha value is -3.54. The van der Waals surface area contributed by atoms with Gasteiger partial charge in [-0.3, -0.25) is 0 Å². The zero-order chi connectivity index (χ0) is 21.9. The Balaban J connectivity index is 1.30. The van der Waals surface area contributed by atoms with Crippen molar-refractivity contribution in [2.75, 3.05) is 18.0 Å². The molecule has 0 saturated carbocycles. The summed E-state index contributed by atoms with van der Waals surface area (Å²) in [5.41, 5.74) is 4.71. The molecule has 2 aromatic heterocycles. The lowest BCUT2D eigenvalue weighted by Gasteiger charge is -2.32. The third kappa shape index (κ3) is 4.40. The molecule has 0 bridgehead atoms. The molecule has 5 nitrogen and oxygen atoms in total. The highest BCUT2D eigenvalue weighted by Crippen LogP contribution is 2.27. The summed E-state index contributed by atoms with van der Waals surface area (Å²) in [7, 11) is 0. The van der Waals surface area contributed by atoms with Crippen LogP contribution in [-0.2, 0) is 6.42 Å². The average Bonchev–Trinajstić information content (AvgIpc) is 3.22. The van der Waals surface area contributed by atoms with Crippen LogP contribution < -0.4 is 4.90 Å². The van der Waals surface area contributed by atoms with Gasteiger partial charge in [0.15, 0.2) is 0 Å². The van der Waals surface area contributed by atoms with Crippen LogP contribution in [0.3, 0.4) is 0 Å². The molecule has 162 valence electrons. The molecule has 3 heterocycles. The molecular weight excluding hydrogens is 401 g/mol. The first kappa shape index (κ1) is 20.4. The summed E-state index contributed by atoms with van der Waals surface area (Å²) < 4.78 is 15.3. The van der Waals surface area contributed by atoms with E-state index in [1.807, 2.05) is 31.5 Å². The van der Waals surface area contributed by atoms with Crippen molar-refractivity contribution in [1.29, 1.82) is 0 Å². The monoisotopic (exact) mass is 427 g/mol. The summed E-state index contributed by atoms with van der Waals surface area (Å²) in [5.74, 6) is 1.18. The normalized spacial score (nSPS) is 14.6. The van der Waals surface area contributed by atoms with Gasteiger partial charge in [-0.25, -0.2) is 19.0 Å². The van der Waals surface area contributed by atoms with Gasteiger partial charge in [-0.2, -0.15) is 5.10 Å². The standard InChI is InChI=1S/C26H26FN5/c1-19-24(18-32(30-19)23-9-5-8-22(27)17-23)25-10-13-28-26(29-25)31-14-11-21(12-15-31)16-20-6-3-2-4-7-20/h2-10,13,17-18,21H,11-12,14-16H2,1H3. The van der Waals surface area contributed by atoms with E-state index in [4.69, 9.17) is 4.98 Å². The van der Waals surface area contributed by atoms with Gasteiger partial charge < -0.3 is 4.90 Å². The minimum absolute atomic E-state index is 0.280. The van der Waals surface area contributed by atoms with Crippen molar-refractivity contribution in [3.05, 3.63) is 90.1 Å². The molecule has 1 aliphatic rings. The molecule has 1 fully saturated rings. The van der Waals surface area contributed by atoms with E-state index >= 15 is 0 Å². The fourth-order valence-electron chi connectivity index (χ4n) is 4.40. The topological polar surface area (TPSA) is 46.8 Å². The maximum Gasteiger partial charge on any atom is 0.225 e. The molecule has 0 amide bonds. The van der Waals surface area contributed by atoms with Gasteiger partial charge in [0.1, 0.15) is 5.82 Å². The molecule has 4 aromatic rings. The fourth-order valence-corrected chi connectivity index (χ4v) is 4.40. The van der Waals surface area contributed by atoms with Crippen molar-refractivity contribution < 1.29 is 4.39 Å². The van der Waals surface area contributed by atoms with Crippen molar-refractivity contribution in [2.45, 2.75) is 26.2 Å². The van der Waals surface area contributed by atoms with E-state index in [1.165, 1.54) is 17.7 Å². The van der Waals surface area contributed by atoms with Gasteiger partial charge in [-0.1, -0.05) is 36.4 Å². The van der Waals surface area contributed by atoms with Gasteiger partial charge in [-0.15, -0.1) is 0 Å². The van der Waals surface area contributed by atoms with Crippen LogP contribution in [0.25, 0.3) is 16.9 Å². The SMILES string of the molecule is Cc1nn(-c2cccc(F)c2)cc1-c1ccnc(N2CCC(Cc3ccccc3)CC2)n1. The van der Waals surface area contributed by atoms with E-state index < -0.39 is 0 Å². The number of aryl methyl sites for hydroxylation is 1. The van der Waals surface area contributed by atoms with Crippen LogP contribution in [-0.4, -0.2) is 32.8 Å². The number of nitrogens with zero attached hydrogens (tertiary/aromatic N) is 5. The Morgan fingerprint density at radius 1 is 1.00 bits per heavy atom. The molecule has 0 atom stereocenters. The number of hydrogen-bond donors (Lipinski definition) is 0. The fraction of sp³-hybridized carbons (Fsp3) is 0.269. The Labute approximate surface area is 187 Å². The van der Waals surface area contributed by atoms with Crippen molar-refractivity contribution >= 4 is 5.95 Å². The largest absolute Gasteiger partial charge is 0.341 e. The molecule has 0 radical (unpaired) electrons. The predicted octanol–water partition coefficient (Wildman–Crippen LogP) is 5.24. The van der Waals surface area contributed by atoms with Crippen LogP contribution in [0.15, 0.2) is 73.1 Å². The van der Waals surface area contributed by atoms with Crippen LogP contribution in [0, 0.1) is 18.7 Å². The van der Waals surface area contributed by atoms with E-state index in [-0.39, 0.29) is 5.82 Å². The Bertz CT molecular complexity index is 1200. The van der Waals surface area contributed by atoms with Crippen LogP contribution >= 0.6 is 0 Å². The summed E-state index contributed by atoms with van der Waals surface area (Å²) >= 11 is 0. The summed E-state index contributed by atoms with van der Waals surface area (Å²) in [6.07, 6.45) is 7.13. The molecule has 1 aliphatic heterocycles. The second kappa shape index (κ2) is 8.91. The first-order valence-corrected chi connectivity index (χ1v) is 11.1. The van der Waals surface area contributed by atoms with Crippen LogP contribution in [0.5, 0.6) is 0 Å². The Morgan fingerprint density at radius 3 is 2.59 bits per heavy atom. The van der Waals surface area contributed by atoms with E-state index in [9.17, 15) is 4.39 Å². The number of benzene rings is 2. The van der Waals surface area contributed by atoms with Crippen molar-refractivity contribution in [3.63, 3.8) is 0 Å². The maximum atomic E-state index is 13.6. The van der Waals surface area contributed by atoms with Crippen LogP contribution in [0.2, 0.25) is 0 Å². The third-order valence-electron chi connectivity index (χ3n) is 6.16. The van der Waals surface area contributed by atoms with Gasteiger partial charge in [-0.05, 0) is 61.9 Å². The molecular formula is C26H26FN5. The molecule has 1 saturated heterocycles. The van der Waals surface area contributed by atoms with Gasteiger partial charge in [0.2, 0.25) is 5.95 Å². The first-order valence-electron chi connectivity index (χ1n) is 11.1. The Morgan fingerprint density at radius 2 is 1.81 bits per heavy atom. The lowest BCUT2D eigenvalue weighted by atomic mass is 9.90. The van der Waals surface area contributed by atoms with Crippen LogP contribution in [0.1, 0.15) is 24.1 Å². The Kier molecular flexibility index (Phi) is 5.67. The quantitative estimate of drug-likeness (QED) is 0.437. The summed E-state index contributed by atoms with van der Waals surface area (Å²) in [5, 5.41) is 4.57. The molecule has 0 aliphatic carbocycles. The smallest absolute Gasteiger partial charge is 0.225 e. The molecule has 0 spiro atoms. The number of hydrogen-bond acceptors (Lipinski definition) is 4. The van der Waals surface area contributed by atoms with Gasteiger partial charge in [0.25, 0.3) is 0 Å². The van der Waals surface area contributed by atoms with Crippen molar-refractivity contribution in [3.8, 4) is 16.9 Å². The highest BCUT2D eigenvalue weighted by Gasteiger charge is 2.22. The van der Waals surface area contributed by atoms with Crippen molar-refractivity contribution in [2.24, 2.45) is 5.92 Å². The predicted molar refractivity (Wildman–Crippen MR) is 124 cm³/mol. The number of aromatic nitrogens is 4. The highest BCUT2D eigenvalue weighted by atomic mass is 19.1. The second-order valence-electron chi connectivity index (χ2n) is 8.41. The lowest BCUT2D eigenvalue weighted by Crippen LogP contribution is -2.35. The average molecular weight is 428 g/mol. The van der Waals surface area contributed by atoms with E-state index in [1.54, 1.807) is 10.7 Å². The molecule has 32 heavy (non-hydrogen) atoms. The van der Waals surface area contributed by atoms with E-state index in [0.717, 1.165) is 55.3 Å². The number of halogens is 1. The zero-order valence-electron chi connectivity index (χ0n) is 18.2. The number of piperidine rings is 1. The van der Waals surface area contributed by atoms with E-state index in [2.05, 4.69) is 45.3 Å². The summed E-state index contributed by atoms with van der Waals surface area (Å²) in [6, 6.07) is 19.1. The summed E-state index contributed by atoms with van der Waals surface area (Å²) in [4.78, 5) is 11.7. The van der Waals surface area contributed by atoms with Gasteiger partial charge in [0.05, 0.1) is 17.1 Å². The minimum atomic E-state index is -0.280. The lowest BCUT2D eigenvalue weighted by molar-refractivity contribution is 0.400. The first-order chi connectivity index (χ1) is 15.7. The summed E-state index contributed by atoms with van der Waals surface area (Å²) in [6.45, 7) is 3.87. The molecule has 0 unspecified atom stereocenters. The highest BCUT2D eigenvalue weighted by molar-refractivity contribution is 5.62. The third-order valence-corrected chi connectivity index (χ3v) is 6.16. The second-order valence-corrected chi connectivity index (χ2v) is 8.41. The number of rotatable bonds is 5. The molecule has 5 rings (SSSR count). The zero-order valence-corrected chi connectivity index (χ0v) is 18.2. The van der Waals surface area contributed by atoms with Crippen molar-refractivity contribution in [1.82, 2.24) is 19.7 Å². The minimum Gasteiger partial charge on any atom is -0.341 e. The molecule has 2 aromatic carbocycles. The van der Waals surface area contributed by atoms with Gasteiger partial charge >= 0.3 is 0 Å². The van der Waals surface area contributed by atoms with Crippen LogP contribution in [0.4, 0.5) is 10.3 Å². The molecule has 6 heteroatoms.